The average Bonchev–Trinajstić information content (AvgIpc) is 3.18. The molecule has 0 saturated carbocycles. The minimum atomic E-state index is -4.73. The summed E-state index contributed by atoms with van der Waals surface area (Å²) in [5, 5.41) is 9.69. The number of ether oxygens (including phenoxy) is 1. The Balaban J connectivity index is 0.000000680. The lowest BCUT2D eigenvalue weighted by Gasteiger charge is -2.16. The molecule has 1 aliphatic heterocycles. The van der Waals surface area contributed by atoms with Gasteiger partial charge >= 0.3 is 13.5 Å². The van der Waals surface area contributed by atoms with E-state index in [2.05, 4.69) is 55.9 Å². The summed E-state index contributed by atoms with van der Waals surface area (Å²) in [7, 11) is -4.73. The number of phosphoric ester groups is 1. The summed E-state index contributed by atoms with van der Waals surface area (Å²) >= 11 is 0. The first-order chi connectivity index (χ1) is 16.4. The van der Waals surface area contributed by atoms with E-state index in [4.69, 9.17) is 14.5 Å². The lowest BCUT2D eigenvalue weighted by molar-refractivity contribution is -0.0453. The maximum absolute atomic E-state index is 13.2. The predicted molar refractivity (Wildman–Crippen MR) is 131 cm³/mol. The Hall–Kier alpha value is -1.44. The molecule has 2 rings (SSSR count). The smallest absolute Gasteiger partial charge is 0.390 e. The van der Waals surface area contributed by atoms with E-state index in [-0.39, 0.29) is 6.42 Å². The highest BCUT2D eigenvalue weighted by molar-refractivity contribution is 7.46. The van der Waals surface area contributed by atoms with E-state index < -0.39 is 49.9 Å². The minimum Gasteiger partial charge on any atom is -0.390 e. The molecule has 0 aliphatic carbocycles. The van der Waals surface area contributed by atoms with Gasteiger partial charge in [0.25, 0.3) is 5.56 Å². The summed E-state index contributed by atoms with van der Waals surface area (Å²) < 4.78 is 33.9. The van der Waals surface area contributed by atoms with Crippen LogP contribution in [0.5, 0.6) is 0 Å². The molecule has 0 aromatic carbocycles. The Morgan fingerprint density at radius 2 is 1.51 bits per heavy atom. The Morgan fingerprint density at radius 1 is 1.06 bits per heavy atom. The number of aliphatic hydroxyl groups excluding tert-OH is 1. The van der Waals surface area contributed by atoms with E-state index in [1.807, 2.05) is 0 Å². The Bertz CT molecular complexity index is 847. The Labute approximate surface area is 205 Å². The fourth-order valence-corrected chi connectivity index (χ4v) is 3.56. The van der Waals surface area contributed by atoms with Gasteiger partial charge in [-0.1, -0.05) is 41.5 Å². The van der Waals surface area contributed by atoms with Crippen LogP contribution in [-0.4, -0.2) is 92.3 Å². The van der Waals surface area contributed by atoms with Crippen LogP contribution in [0.3, 0.4) is 0 Å². The van der Waals surface area contributed by atoms with Gasteiger partial charge in [-0.15, -0.1) is 0 Å². The number of hydrogen-bond donors (Lipinski definition) is 4. The molecule has 1 fully saturated rings. The minimum absolute atomic E-state index is 0.138. The van der Waals surface area contributed by atoms with Crippen LogP contribution in [0, 0.1) is 5.82 Å². The molecule has 14 heteroatoms. The summed E-state index contributed by atoms with van der Waals surface area (Å²) in [6.45, 7) is 19.6. The number of aromatic amines is 1. The van der Waals surface area contributed by atoms with Crippen LogP contribution < -0.4 is 11.2 Å². The van der Waals surface area contributed by atoms with E-state index in [9.17, 15) is 23.7 Å². The molecule has 1 aromatic heterocycles. The van der Waals surface area contributed by atoms with Crippen molar-refractivity contribution in [3.05, 3.63) is 32.9 Å². The molecule has 0 spiro atoms. The van der Waals surface area contributed by atoms with Gasteiger partial charge in [-0.3, -0.25) is 18.9 Å². The molecule has 4 N–H and O–H groups in total. The van der Waals surface area contributed by atoms with Crippen molar-refractivity contribution < 1.29 is 33.1 Å². The molecule has 0 bridgehead atoms. The van der Waals surface area contributed by atoms with Crippen molar-refractivity contribution >= 4 is 7.82 Å². The number of aliphatic hydroxyl groups is 1. The molecule has 0 amide bonds. The second-order valence-corrected chi connectivity index (χ2v) is 8.84. The standard InChI is InChI=1S/C9H12FN2O8P.2C6H15N/c10-4-2-12(9(15)11-8(4)14)7-1-5(13)6(20-7)3-19-21(16,17)18;2*1-4-7(5-2)6-3/h2,5-7,13H,1,3H2,(H,11,14,15)(H2,16,17,18);2*4-6H2,1-3H3/t5-,6-,7-;;/m1../s1. The molecule has 2 heterocycles. The van der Waals surface area contributed by atoms with Crippen LogP contribution in [0.2, 0.25) is 0 Å². The molecular formula is C21H42FN4O8P. The van der Waals surface area contributed by atoms with Crippen molar-refractivity contribution in [2.24, 2.45) is 0 Å². The van der Waals surface area contributed by atoms with Crippen LogP contribution in [0.1, 0.15) is 54.2 Å². The maximum Gasteiger partial charge on any atom is 0.469 e. The van der Waals surface area contributed by atoms with Gasteiger partial charge in [0.15, 0.2) is 0 Å². The second kappa shape index (κ2) is 17.1. The van der Waals surface area contributed by atoms with E-state index in [0.717, 1.165) is 4.57 Å². The zero-order valence-electron chi connectivity index (χ0n) is 21.5. The van der Waals surface area contributed by atoms with Gasteiger partial charge in [-0.2, -0.15) is 4.39 Å². The first-order valence-electron chi connectivity index (χ1n) is 11.9. The number of nitrogens with one attached hydrogen (secondary N) is 1. The molecule has 0 unspecified atom stereocenters. The van der Waals surface area contributed by atoms with Crippen molar-refractivity contribution in [2.75, 3.05) is 45.9 Å². The first-order valence-corrected chi connectivity index (χ1v) is 13.4. The maximum atomic E-state index is 13.2. The average molecular weight is 529 g/mol. The second-order valence-electron chi connectivity index (χ2n) is 7.60. The molecule has 1 aromatic rings. The normalized spacial score (nSPS) is 19.8. The SMILES string of the molecule is CCN(CC)CC.CCN(CC)CC.O=c1[nH]c(=O)n([C@H]2C[C@@H](O)[C@@H](COP(=O)(O)O)O2)cc1F. The lowest BCUT2D eigenvalue weighted by Crippen LogP contribution is -2.34. The van der Waals surface area contributed by atoms with Crippen molar-refractivity contribution in [3.63, 3.8) is 0 Å². The molecule has 1 aliphatic rings. The molecule has 12 nitrogen and oxygen atoms in total. The molecular weight excluding hydrogens is 486 g/mol. The van der Waals surface area contributed by atoms with Crippen LogP contribution in [0.15, 0.2) is 15.8 Å². The summed E-state index contributed by atoms with van der Waals surface area (Å²) in [5.74, 6) is -1.21. The van der Waals surface area contributed by atoms with Gasteiger partial charge in [-0.25, -0.2) is 9.36 Å². The van der Waals surface area contributed by atoms with Gasteiger partial charge < -0.3 is 29.4 Å². The third-order valence-corrected chi connectivity index (χ3v) is 6.01. The number of nitrogens with zero attached hydrogens (tertiary/aromatic N) is 3. The molecule has 0 radical (unpaired) electrons. The van der Waals surface area contributed by atoms with Crippen molar-refractivity contribution in [1.82, 2.24) is 19.4 Å². The number of halogens is 1. The fraction of sp³-hybridized carbons (Fsp3) is 0.810. The molecule has 1 saturated heterocycles. The summed E-state index contributed by atoms with van der Waals surface area (Å²) in [4.78, 5) is 46.1. The van der Waals surface area contributed by atoms with E-state index in [1.165, 1.54) is 39.3 Å². The lowest BCUT2D eigenvalue weighted by atomic mass is 10.2. The number of H-pyrrole nitrogens is 1. The summed E-state index contributed by atoms with van der Waals surface area (Å²) in [5.41, 5.74) is -2.12. The number of rotatable bonds is 10. The van der Waals surface area contributed by atoms with Crippen LogP contribution in [0.4, 0.5) is 4.39 Å². The van der Waals surface area contributed by atoms with Gasteiger partial charge in [0, 0.05) is 6.42 Å². The summed E-state index contributed by atoms with van der Waals surface area (Å²) in [6.07, 6.45) is -2.89. The van der Waals surface area contributed by atoms with Crippen molar-refractivity contribution in [2.45, 2.75) is 66.4 Å². The van der Waals surface area contributed by atoms with E-state index in [0.29, 0.717) is 6.20 Å². The summed E-state index contributed by atoms with van der Waals surface area (Å²) in [6, 6.07) is 0. The Morgan fingerprint density at radius 3 is 1.89 bits per heavy atom. The highest BCUT2D eigenvalue weighted by Gasteiger charge is 2.37. The van der Waals surface area contributed by atoms with Gasteiger partial charge in [0.2, 0.25) is 5.82 Å². The zero-order valence-corrected chi connectivity index (χ0v) is 22.4. The zero-order chi connectivity index (χ0) is 27.2. The highest BCUT2D eigenvalue weighted by Crippen LogP contribution is 2.38. The number of phosphoric acid groups is 1. The highest BCUT2D eigenvalue weighted by atomic mass is 31.2. The topological polar surface area (TPSA) is 158 Å². The first kappa shape index (κ1) is 33.6. The van der Waals surface area contributed by atoms with Crippen molar-refractivity contribution in [1.29, 1.82) is 0 Å². The van der Waals surface area contributed by atoms with E-state index >= 15 is 0 Å². The number of aromatic nitrogens is 2. The van der Waals surface area contributed by atoms with Gasteiger partial charge in [0.1, 0.15) is 12.3 Å². The molecule has 35 heavy (non-hydrogen) atoms. The third kappa shape index (κ3) is 12.9. The fourth-order valence-electron chi connectivity index (χ4n) is 3.22. The number of hydrogen-bond acceptors (Lipinski definition) is 8. The predicted octanol–water partition coefficient (Wildman–Crippen LogP) is 1.13. The largest absolute Gasteiger partial charge is 0.469 e. The molecule has 206 valence electrons. The van der Waals surface area contributed by atoms with Gasteiger partial charge in [0.05, 0.1) is 18.9 Å². The van der Waals surface area contributed by atoms with E-state index in [1.54, 1.807) is 4.98 Å². The Kier molecular flexibility index (Phi) is 16.4. The van der Waals surface area contributed by atoms with Crippen LogP contribution in [-0.2, 0) is 13.8 Å². The van der Waals surface area contributed by atoms with Crippen LogP contribution >= 0.6 is 7.82 Å². The van der Waals surface area contributed by atoms with Crippen molar-refractivity contribution in [3.8, 4) is 0 Å². The third-order valence-electron chi connectivity index (χ3n) is 5.53. The monoisotopic (exact) mass is 528 g/mol. The molecule has 3 atom stereocenters. The van der Waals surface area contributed by atoms with Crippen LogP contribution in [0.25, 0.3) is 0 Å². The quantitative estimate of drug-likeness (QED) is 0.325. The van der Waals surface area contributed by atoms with Gasteiger partial charge in [-0.05, 0) is 39.3 Å².